The van der Waals surface area contributed by atoms with E-state index >= 15 is 0 Å². The number of pyridine rings is 1. The fourth-order valence-electron chi connectivity index (χ4n) is 0.736. The third-order valence-electron chi connectivity index (χ3n) is 1.37. The maximum absolute atomic E-state index is 10.3. The highest BCUT2D eigenvalue weighted by Gasteiger charge is 2.00. The highest BCUT2D eigenvalue weighted by atomic mass is 16.1. The number of amides is 1. The van der Waals surface area contributed by atoms with Crippen LogP contribution in [0.3, 0.4) is 0 Å². The summed E-state index contributed by atoms with van der Waals surface area (Å²) < 4.78 is 0. The van der Waals surface area contributed by atoms with Crippen LogP contribution < -0.4 is 4.90 Å². The van der Waals surface area contributed by atoms with Gasteiger partial charge in [0.15, 0.2) is 0 Å². The molecule has 0 radical (unpaired) electrons. The lowest BCUT2D eigenvalue weighted by Gasteiger charge is -2.07. The number of carbonyl (C=O) groups excluding carboxylic acids is 1. The van der Waals surface area contributed by atoms with Crippen molar-refractivity contribution in [1.29, 1.82) is 5.26 Å². The smallest absolute Gasteiger partial charge is 0.215 e. The fraction of sp³-hybridized carbons (Fsp3) is 0.125. The number of nitriles is 1. The van der Waals surface area contributed by atoms with Gasteiger partial charge in [-0.3, -0.25) is 4.79 Å². The van der Waals surface area contributed by atoms with Gasteiger partial charge in [-0.05, 0) is 12.1 Å². The van der Waals surface area contributed by atoms with Crippen molar-refractivity contribution in [2.24, 2.45) is 0 Å². The highest BCUT2D eigenvalue weighted by Crippen LogP contribution is 2.06. The van der Waals surface area contributed by atoms with Crippen LogP contribution in [0.25, 0.3) is 0 Å². The molecule has 0 unspecified atom stereocenters. The Morgan fingerprint density at radius 2 is 2.42 bits per heavy atom. The molecule has 0 aromatic carbocycles. The zero-order chi connectivity index (χ0) is 8.97. The van der Waals surface area contributed by atoms with Crippen LogP contribution >= 0.6 is 0 Å². The Hall–Kier alpha value is -1.89. The predicted molar refractivity (Wildman–Crippen MR) is 43.4 cm³/mol. The van der Waals surface area contributed by atoms with Crippen molar-refractivity contribution in [3.05, 3.63) is 23.9 Å². The normalized spacial score (nSPS) is 8.67. The van der Waals surface area contributed by atoms with E-state index in [1.807, 2.05) is 6.07 Å². The lowest BCUT2D eigenvalue weighted by atomic mass is 10.3. The molecular formula is C8H7N3O. The summed E-state index contributed by atoms with van der Waals surface area (Å²) in [7, 11) is 1.58. The summed E-state index contributed by atoms with van der Waals surface area (Å²) in [6.07, 6.45) is 0.642. The zero-order valence-electron chi connectivity index (χ0n) is 6.56. The molecule has 4 heteroatoms. The third kappa shape index (κ3) is 1.58. The van der Waals surface area contributed by atoms with E-state index in [2.05, 4.69) is 4.98 Å². The summed E-state index contributed by atoms with van der Waals surface area (Å²) in [4.78, 5) is 15.5. The van der Waals surface area contributed by atoms with Crippen LogP contribution in [0.4, 0.5) is 5.82 Å². The van der Waals surface area contributed by atoms with Gasteiger partial charge in [0.1, 0.15) is 17.6 Å². The first-order valence-corrected chi connectivity index (χ1v) is 3.33. The van der Waals surface area contributed by atoms with E-state index in [9.17, 15) is 4.79 Å². The quantitative estimate of drug-likeness (QED) is 0.595. The Morgan fingerprint density at radius 1 is 1.67 bits per heavy atom. The second kappa shape index (κ2) is 3.49. The lowest BCUT2D eigenvalue weighted by Crippen LogP contribution is -2.15. The summed E-state index contributed by atoms with van der Waals surface area (Å²) in [6.45, 7) is 0. The summed E-state index contributed by atoms with van der Waals surface area (Å²) in [5.74, 6) is 0.476. The Labute approximate surface area is 70.1 Å². The van der Waals surface area contributed by atoms with Gasteiger partial charge in [-0.15, -0.1) is 0 Å². The summed E-state index contributed by atoms with van der Waals surface area (Å²) in [6, 6.07) is 6.82. The van der Waals surface area contributed by atoms with Crippen LogP contribution in [0, 0.1) is 11.3 Å². The first-order valence-electron chi connectivity index (χ1n) is 3.33. The third-order valence-corrected chi connectivity index (χ3v) is 1.37. The Kier molecular flexibility index (Phi) is 2.38. The average molecular weight is 161 g/mol. The SMILES string of the molecule is CN(C=O)c1cccc(C#N)n1. The average Bonchev–Trinajstić information content (AvgIpc) is 2.17. The van der Waals surface area contributed by atoms with E-state index < -0.39 is 0 Å². The Balaban J connectivity index is 3.03. The molecular weight excluding hydrogens is 154 g/mol. The van der Waals surface area contributed by atoms with Crippen molar-refractivity contribution in [3.63, 3.8) is 0 Å². The van der Waals surface area contributed by atoms with Crippen molar-refractivity contribution < 1.29 is 4.79 Å². The van der Waals surface area contributed by atoms with Crippen LogP contribution in [0.15, 0.2) is 18.2 Å². The molecule has 0 aliphatic heterocycles. The van der Waals surface area contributed by atoms with Gasteiger partial charge < -0.3 is 4.90 Å². The molecule has 0 aliphatic carbocycles. The van der Waals surface area contributed by atoms with Gasteiger partial charge in [-0.1, -0.05) is 6.07 Å². The molecule has 1 heterocycles. The molecule has 60 valence electrons. The molecule has 1 rings (SSSR count). The monoisotopic (exact) mass is 161 g/mol. The van der Waals surface area contributed by atoms with Crippen molar-refractivity contribution >= 4 is 12.2 Å². The Morgan fingerprint density at radius 3 is 3.00 bits per heavy atom. The van der Waals surface area contributed by atoms with Crippen molar-refractivity contribution in [3.8, 4) is 6.07 Å². The van der Waals surface area contributed by atoms with Crippen molar-refractivity contribution in [1.82, 2.24) is 4.98 Å². The van der Waals surface area contributed by atoms with E-state index in [-0.39, 0.29) is 0 Å². The van der Waals surface area contributed by atoms with Crippen LogP contribution in [-0.2, 0) is 4.79 Å². The second-order valence-electron chi connectivity index (χ2n) is 2.21. The minimum absolute atomic E-state index is 0.307. The molecule has 0 spiro atoms. The highest BCUT2D eigenvalue weighted by molar-refractivity contribution is 5.71. The lowest BCUT2D eigenvalue weighted by molar-refractivity contribution is -0.107. The predicted octanol–water partition coefficient (Wildman–Crippen LogP) is 0.546. The molecule has 0 saturated heterocycles. The van der Waals surface area contributed by atoms with Gasteiger partial charge >= 0.3 is 0 Å². The Bertz CT molecular complexity index is 329. The zero-order valence-corrected chi connectivity index (χ0v) is 6.56. The summed E-state index contributed by atoms with van der Waals surface area (Å²) in [5.41, 5.74) is 0.307. The maximum atomic E-state index is 10.3. The molecule has 1 aromatic heterocycles. The van der Waals surface area contributed by atoms with E-state index in [1.165, 1.54) is 4.90 Å². The molecule has 0 N–H and O–H groups in total. The van der Waals surface area contributed by atoms with E-state index in [1.54, 1.807) is 25.2 Å². The van der Waals surface area contributed by atoms with E-state index in [4.69, 9.17) is 5.26 Å². The number of carbonyl (C=O) groups is 1. The standard InChI is InChI=1S/C8H7N3O/c1-11(6-12)8-4-2-3-7(5-9)10-8/h2-4,6H,1H3. The van der Waals surface area contributed by atoms with Gasteiger partial charge in [0.2, 0.25) is 6.41 Å². The van der Waals surface area contributed by atoms with Gasteiger partial charge in [0.05, 0.1) is 0 Å². The molecule has 4 nitrogen and oxygen atoms in total. The van der Waals surface area contributed by atoms with Crippen LogP contribution in [0.5, 0.6) is 0 Å². The number of rotatable bonds is 2. The van der Waals surface area contributed by atoms with Crippen LogP contribution in [-0.4, -0.2) is 18.4 Å². The molecule has 0 atom stereocenters. The largest absolute Gasteiger partial charge is 0.303 e. The molecule has 12 heavy (non-hydrogen) atoms. The van der Waals surface area contributed by atoms with E-state index in [0.29, 0.717) is 17.9 Å². The first kappa shape index (κ1) is 8.21. The molecule has 1 aromatic rings. The second-order valence-corrected chi connectivity index (χ2v) is 2.21. The molecule has 1 amide bonds. The van der Waals surface area contributed by atoms with Crippen molar-refractivity contribution in [2.45, 2.75) is 0 Å². The van der Waals surface area contributed by atoms with Crippen LogP contribution in [0.1, 0.15) is 5.69 Å². The summed E-state index contributed by atoms with van der Waals surface area (Å²) in [5, 5.41) is 8.50. The minimum atomic E-state index is 0.307. The van der Waals surface area contributed by atoms with Gasteiger partial charge in [0.25, 0.3) is 0 Å². The molecule has 0 fully saturated rings. The fourth-order valence-corrected chi connectivity index (χ4v) is 0.736. The number of aromatic nitrogens is 1. The van der Waals surface area contributed by atoms with Gasteiger partial charge in [-0.2, -0.15) is 5.26 Å². The minimum Gasteiger partial charge on any atom is -0.303 e. The number of anilines is 1. The van der Waals surface area contributed by atoms with E-state index in [0.717, 1.165) is 0 Å². The van der Waals surface area contributed by atoms with Crippen LogP contribution in [0.2, 0.25) is 0 Å². The maximum Gasteiger partial charge on any atom is 0.215 e. The molecule has 0 bridgehead atoms. The van der Waals surface area contributed by atoms with Gasteiger partial charge in [0, 0.05) is 7.05 Å². The number of hydrogen-bond donors (Lipinski definition) is 0. The first-order chi connectivity index (χ1) is 5.77. The topological polar surface area (TPSA) is 57.0 Å². The number of nitrogens with zero attached hydrogens (tertiary/aromatic N) is 3. The van der Waals surface area contributed by atoms with Gasteiger partial charge in [-0.25, -0.2) is 4.98 Å². The number of hydrogen-bond acceptors (Lipinski definition) is 3. The van der Waals surface area contributed by atoms with Crippen molar-refractivity contribution in [2.75, 3.05) is 11.9 Å². The molecule has 0 aliphatic rings. The summed E-state index contributed by atoms with van der Waals surface area (Å²) >= 11 is 0. The molecule has 0 saturated carbocycles.